The zero-order valence-electron chi connectivity index (χ0n) is 18.9. The van der Waals surface area contributed by atoms with Crippen LogP contribution in [0.4, 0.5) is 0 Å². The third kappa shape index (κ3) is 6.97. The Morgan fingerprint density at radius 3 is 2.06 bits per heavy atom. The average molecular weight is 506 g/mol. The largest absolute Gasteiger partial charge is 0.443 e. The second-order valence-electron chi connectivity index (χ2n) is 8.65. The summed E-state index contributed by atoms with van der Waals surface area (Å²) in [5.41, 5.74) is 2.55. The van der Waals surface area contributed by atoms with Crippen molar-refractivity contribution in [2.45, 2.75) is 63.8 Å². The van der Waals surface area contributed by atoms with Crippen LogP contribution in [0.2, 0.25) is 0 Å². The first kappa shape index (κ1) is 25.0. The van der Waals surface area contributed by atoms with Crippen molar-refractivity contribution >= 4 is 27.2 Å². The third-order valence-electron chi connectivity index (χ3n) is 5.48. The molecule has 0 aromatic heterocycles. The van der Waals surface area contributed by atoms with E-state index >= 15 is 0 Å². The van der Waals surface area contributed by atoms with Crippen molar-refractivity contribution in [2.24, 2.45) is 0 Å². The van der Waals surface area contributed by atoms with E-state index in [0.29, 0.717) is 31.2 Å². The summed E-state index contributed by atoms with van der Waals surface area (Å²) in [5.74, 6) is 0.108. The summed E-state index contributed by atoms with van der Waals surface area (Å²) >= 11 is 0. The summed E-state index contributed by atoms with van der Waals surface area (Å²) in [6.07, 6.45) is 2.34. The SMILES string of the molecule is Cc1ccc(CCC(OP(=O)(C=O)OC2CC2)c2ccccc2OP(=O)(C=O)OC2CC2)cc1. The Balaban J connectivity index is 1.61. The number of hydrogen-bond acceptors (Lipinski definition) is 8. The van der Waals surface area contributed by atoms with Gasteiger partial charge < -0.3 is 9.05 Å². The number of rotatable bonds is 14. The van der Waals surface area contributed by atoms with E-state index in [2.05, 4.69) is 0 Å². The zero-order valence-corrected chi connectivity index (χ0v) is 20.7. The Bertz CT molecular complexity index is 1110. The standard InChI is InChI=1S/C24H28O8P2/c1-18-6-8-19(9-7-18)10-15-24(32-34(28,17-26)30-21-13-14-21)22-4-2-3-5-23(22)31-33(27,16-25)29-20-11-12-20/h2-9,16-17,20-21,24H,10-15H2,1H3. The highest BCUT2D eigenvalue weighted by molar-refractivity contribution is 7.69. The van der Waals surface area contributed by atoms with Crippen LogP contribution in [0.15, 0.2) is 48.5 Å². The molecule has 2 fully saturated rings. The highest BCUT2D eigenvalue weighted by Gasteiger charge is 2.39. The van der Waals surface area contributed by atoms with Crippen molar-refractivity contribution in [3.8, 4) is 5.75 Å². The predicted octanol–water partition coefficient (Wildman–Crippen LogP) is 6.19. The zero-order chi connectivity index (χ0) is 24.2. The van der Waals surface area contributed by atoms with Gasteiger partial charge in [0.1, 0.15) is 5.75 Å². The van der Waals surface area contributed by atoms with Crippen molar-refractivity contribution in [3.63, 3.8) is 0 Å². The van der Waals surface area contributed by atoms with Gasteiger partial charge in [0, 0.05) is 5.56 Å². The van der Waals surface area contributed by atoms with Crippen LogP contribution in [0.3, 0.4) is 0 Å². The normalized spacial score (nSPS) is 20.0. The molecule has 0 radical (unpaired) electrons. The van der Waals surface area contributed by atoms with Crippen LogP contribution in [-0.4, -0.2) is 24.3 Å². The minimum Gasteiger partial charge on any atom is -0.419 e. The molecule has 0 saturated heterocycles. The van der Waals surface area contributed by atoms with E-state index in [1.165, 1.54) is 6.07 Å². The molecule has 10 heteroatoms. The Morgan fingerprint density at radius 1 is 0.882 bits per heavy atom. The van der Waals surface area contributed by atoms with Gasteiger partial charge in [-0.3, -0.25) is 23.2 Å². The molecule has 2 aliphatic carbocycles. The molecule has 4 rings (SSSR count). The lowest BCUT2D eigenvalue weighted by molar-refractivity contribution is 0.143. The molecular formula is C24H28O8P2. The quantitative estimate of drug-likeness (QED) is 0.221. The molecule has 0 aliphatic heterocycles. The maximum atomic E-state index is 13.1. The number of para-hydroxylation sites is 1. The first-order valence-electron chi connectivity index (χ1n) is 11.3. The number of hydrogen-bond donors (Lipinski definition) is 0. The lowest BCUT2D eigenvalue weighted by Crippen LogP contribution is -2.10. The number of aryl methyl sites for hydroxylation is 2. The average Bonchev–Trinajstić information content (AvgIpc) is 3.76. The van der Waals surface area contributed by atoms with E-state index < -0.39 is 21.3 Å². The highest BCUT2D eigenvalue weighted by Crippen LogP contribution is 2.56. The number of benzene rings is 2. The van der Waals surface area contributed by atoms with Gasteiger partial charge in [-0.1, -0.05) is 48.0 Å². The van der Waals surface area contributed by atoms with Crippen LogP contribution in [0.25, 0.3) is 0 Å². The third-order valence-corrected chi connectivity index (χ3v) is 8.18. The fraction of sp³-hybridized carbons (Fsp3) is 0.417. The molecular weight excluding hydrogens is 478 g/mol. The summed E-state index contributed by atoms with van der Waals surface area (Å²) in [6.45, 7) is 1.99. The topological polar surface area (TPSA) is 105 Å². The lowest BCUT2D eigenvalue weighted by atomic mass is 10.00. The van der Waals surface area contributed by atoms with Gasteiger partial charge in [-0.25, -0.2) is 4.57 Å². The van der Waals surface area contributed by atoms with Crippen LogP contribution in [0.5, 0.6) is 5.75 Å². The molecule has 182 valence electrons. The van der Waals surface area contributed by atoms with Crippen molar-refractivity contribution in [2.75, 3.05) is 0 Å². The van der Waals surface area contributed by atoms with E-state index in [1.54, 1.807) is 18.2 Å². The van der Waals surface area contributed by atoms with Gasteiger partial charge in [0.05, 0.1) is 18.3 Å². The monoisotopic (exact) mass is 506 g/mol. The molecule has 0 bridgehead atoms. The maximum Gasteiger partial charge on any atom is 0.443 e. The van der Waals surface area contributed by atoms with E-state index in [-0.39, 0.29) is 30.0 Å². The molecule has 0 spiro atoms. The molecule has 3 unspecified atom stereocenters. The van der Waals surface area contributed by atoms with Crippen molar-refractivity contribution in [1.82, 2.24) is 0 Å². The van der Waals surface area contributed by atoms with Gasteiger partial charge in [-0.15, -0.1) is 0 Å². The van der Waals surface area contributed by atoms with E-state index in [0.717, 1.165) is 24.0 Å². The highest BCUT2D eigenvalue weighted by atomic mass is 31.2. The first-order valence-corrected chi connectivity index (χ1v) is 14.6. The molecule has 2 aliphatic rings. The Labute approximate surface area is 199 Å². The molecule has 0 amide bonds. The summed E-state index contributed by atoms with van der Waals surface area (Å²) in [7, 11) is -8.08. The molecule has 0 N–H and O–H groups in total. The number of carbonyl (C=O) groups is 2. The number of carbonyl (C=O) groups excluding carboxylic acids is 2. The molecule has 0 heterocycles. The maximum absolute atomic E-state index is 13.1. The van der Waals surface area contributed by atoms with Crippen LogP contribution in [0, 0.1) is 6.92 Å². The fourth-order valence-electron chi connectivity index (χ4n) is 3.37. The molecule has 8 nitrogen and oxygen atoms in total. The van der Waals surface area contributed by atoms with Crippen molar-refractivity contribution < 1.29 is 36.8 Å². The van der Waals surface area contributed by atoms with Gasteiger partial charge in [0.25, 0.3) is 0 Å². The molecule has 2 saturated carbocycles. The van der Waals surface area contributed by atoms with Crippen LogP contribution < -0.4 is 4.52 Å². The van der Waals surface area contributed by atoms with Crippen LogP contribution >= 0.6 is 15.2 Å². The van der Waals surface area contributed by atoms with Gasteiger partial charge in [-0.05, 0) is 57.1 Å². The summed E-state index contributed by atoms with van der Waals surface area (Å²) < 4.78 is 48.2. The lowest BCUT2D eigenvalue weighted by Gasteiger charge is -2.24. The Kier molecular flexibility index (Phi) is 7.86. The predicted molar refractivity (Wildman–Crippen MR) is 127 cm³/mol. The van der Waals surface area contributed by atoms with Gasteiger partial charge in [-0.2, -0.15) is 0 Å². The summed E-state index contributed by atoms with van der Waals surface area (Å²) in [4.78, 5) is 23.3. The molecule has 3 atom stereocenters. The minimum atomic E-state index is -4.04. The van der Waals surface area contributed by atoms with E-state index in [9.17, 15) is 18.7 Å². The smallest absolute Gasteiger partial charge is 0.419 e. The van der Waals surface area contributed by atoms with Gasteiger partial charge in [0.15, 0.2) is 0 Å². The van der Waals surface area contributed by atoms with E-state index in [4.69, 9.17) is 18.1 Å². The molecule has 2 aromatic carbocycles. The van der Waals surface area contributed by atoms with Gasteiger partial charge in [0.2, 0.25) is 12.1 Å². The summed E-state index contributed by atoms with van der Waals surface area (Å²) in [5, 5.41) is 0. The second kappa shape index (κ2) is 10.7. The summed E-state index contributed by atoms with van der Waals surface area (Å²) in [6, 6.07) is 14.9. The molecule has 2 aromatic rings. The second-order valence-corrected chi connectivity index (χ2v) is 12.0. The minimum absolute atomic E-state index is 0.108. The first-order chi connectivity index (χ1) is 16.3. The van der Waals surface area contributed by atoms with Crippen LogP contribution in [0.1, 0.15) is 54.9 Å². The van der Waals surface area contributed by atoms with Crippen molar-refractivity contribution in [3.05, 3.63) is 65.2 Å². The fourth-order valence-corrected chi connectivity index (χ4v) is 5.92. The Hall–Kier alpha value is -2.08. The Morgan fingerprint density at radius 2 is 1.47 bits per heavy atom. The van der Waals surface area contributed by atoms with E-state index in [1.807, 2.05) is 31.2 Å². The van der Waals surface area contributed by atoms with Crippen molar-refractivity contribution in [1.29, 1.82) is 0 Å². The molecule has 34 heavy (non-hydrogen) atoms. The van der Waals surface area contributed by atoms with Gasteiger partial charge >= 0.3 is 15.2 Å². The van der Waals surface area contributed by atoms with Crippen LogP contribution in [-0.2, 0) is 38.7 Å².